The number of benzene rings is 1. The Morgan fingerprint density at radius 3 is 2.67 bits per heavy atom. The molecule has 0 saturated carbocycles. The highest BCUT2D eigenvalue weighted by Gasteiger charge is 2.08. The van der Waals surface area contributed by atoms with Crippen molar-refractivity contribution in [3.05, 3.63) is 52.3 Å². The fourth-order valence-electron chi connectivity index (χ4n) is 1.42. The van der Waals surface area contributed by atoms with E-state index in [1.165, 1.54) is 6.07 Å². The Bertz CT molecular complexity index is 585. The molecule has 0 amide bonds. The van der Waals surface area contributed by atoms with Gasteiger partial charge in [0.2, 0.25) is 0 Å². The second-order valence-electron chi connectivity index (χ2n) is 3.46. The Labute approximate surface area is 115 Å². The molecule has 1 heterocycles. The first-order valence-corrected chi connectivity index (χ1v) is 6.04. The van der Waals surface area contributed by atoms with Crippen molar-refractivity contribution in [3.8, 4) is 11.5 Å². The Balaban J connectivity index is 2.36. The van der Waals surface area contributed by atoms with Crippen LogP contribution in [-0.4, -0.2) is 10.2 Å². The zero-order valence-corrected chi connectivity index (χ0v) is 11.1. The molecule has 1 aromatic heterocycles. The van der Waals surface area contributed by atoms with Gasteiger partial charge in [0, 0.05) is 11.6 Å². The largest absolute Gasteiger partial charge is 0.453 e. The molecule has 5 heteroatoms. The van der Waals surface area contributed by atoms with Gasteiger partial charge in [-0.05, 0) is 13.0 Å². The first kappa shape index (κ1) is 12.9. The standard InChI is InChI=1S/C13H10Cl2N2O/c1-2-5-9-6-3-4-7-10(9)18-11-8-12(14)16-17-13(11)15/h2-8H,1H3/b5-2+. The lowest BCUT2D eigenvalue weighted by molar-refractivity contribution is 0.477. The van der Waals surface area contributed by atoms with E-state index in [-0.39, 0.29) is 10.3 Å². The van der Waals surface area contributed by atoms with Crippen molar-refractivity contribution in [2.24, 2.45) is 0 Å². The molecule has 2 rings (SSSR count). The monoisotopic (exact) mass is 280 g/mol. The highest BCUT2D eigenvalue weighted by atomic mass is 35.5. The number of aromatic nitrogens is 2. The van der Waals surface area contributed by atoms with Crippen molar-refractivity contribution in [2.45, 2.75) is 6.92 Å². The predicted octanol–water partition coefficient (Wildman–Crippen LogP) is 4.61. The average Bonchev–Trinajstić information content (AvgIpc) is 2.36. The maximum Gasteiger partial charge on any atom is 0.194 e. The normalized spacial score (nSPS) is 10.8. The molecule has 0 aliphatic heterocycles. The number of hydrogen-bond acceptors (Lipinski definition) is 3. The summed E-state index contributed by atoms with van der Waals surface area (Å²) < 4.78 is 5.70. The van der Waals surface area contributed by atoms with Crippen LogP contribution in [-0.2, 0) is 0 Å². The lowest BCUT2D eigenvalue weighted by Gasteiger charge is -2.09. The summed E-state index contributed by atoms with van der Waals surface area (Å²) in [6.45, 7) is 1.94. The predicted molar refractivity (Wildman–Crippen MR) is 73.3 cm³/mol. The third-order valence-electron chi connectivity index (χ3n) is 2.17. The van der Waals surface area contributed by atoms with Gasteiger partial charge < -0.3 is 4.74 Å². The zero-order chi connectivity index (χ0) is 13.0. The second-order valence-corrected chi connectivity index (χ2v) is 4.21. The maximum atomic E-state index is 5.90. The fourth-order valence-corrected chi connectivity index (χ4v) is 1.69. The van der Waals surface area contributed by atoms with Crippen LogP contribution < -0.4 is 4.74 Å². The maximum absolute atomic E-state index is 5.90. The molecule has 1 aromatic carbocycles. The minimum Gasteiger partial charge on any atom is -0.453 e. The molecule has 3 nitrogen and oxygen atoms in total. The molecule has 0 spiro atoms. The van der Waals surface area contributed by atoms with Crippen LogP contribution in [0.25, 0.3) is 6.08 Å². The number of hydrogen-bond donors (Lipinski definition) is 0. The summed E-state index contributed by atoms with van der Waals surface area (Å²) in [6.07, 6.45) is 3.88. The summed E-state index contributed by atoms with van der Waals surface area (Å²) in [5.74, 6) is 1.06. The summed E-state index contributed by atoms with van der Waals surface area (Å²) >= 11 is 11.7. The third-order valence-corrected chi connectivity index (χ3v) is 2.62. The summed E-state index contributed by atoms with van der Waals surface area (Å²) in [6, 6.07) is 9.14. The van der Waals surface area contributed by atoms with Crippen LogP contribution in [0, 0.1) is 0 Å². The van der Waals surface area contributed by atoms with Crippen molar-refractivity contribution in [3.63, 3.8) is 0 Å². The summed E-state index contributed by atoms with van der Waals surface area (Å²) in [5, 5.41) is 7.73. The number of nitrogens with zero attached hydrogens (tertiary/aromatic N) is 2. The lowest BCUT2D eigenvalue weighted by Crippen LogP contribution is -1.92. The summed E-state index contributed by atoms with van der Waals surface area (Å²) in [4.78, 5) is 0. The fraction of sp³-hybridized carbons (Fsp3) is 0.0769. The zero-order valence-electron chi connectivity index (χ0n) is 9.60. The number of ether oxygens (including phenoxy) is 1. The van der Waals surface area contributed by atoms with Crippen molar-refractivity contribution < 1.29 is 4.74 Å². The number of para-hydroxylation sites is 1. The highest BCUT2D eigenvalue weighted by Crippen LogP contribution is 2.31. The van der Waals surface area contributed by atoms with Gasteiger partial charge in [0.05, 0.1) is 0 Å². The van der Waals surface area contributed by atoms with E-state index >= 15 is 0 Å². The van der Waals surface area contributed by atoms with Gasteiger partial charge in [-0.25, -0.2) is 0 Å². The van der Waals surface area contributed by atoms with Crippen LogP contribution in [0.15, 0.2) is 36.4 Å². The first-order valence-electron chi connectivity index (χ1n) is 5.29. The molecule has 0 bridgehead atoms. The molecule has 18 heavy (non-hydrogen) atoms. The van der Waals surface area contributed by atoms with Gasteiger partial charge in [-0.2, -0.15) is 0 Å². The molecule has 2 aromatic rings. The summed E-state index contributed by atoms with van der Waals surface area (Å²) in [5.41, 5.74) is 0.948. The number of halogens is 2. The summed E-state index contributed by atoms with van der Waals surface area (Å²) in [7, 11) is 0. The smallest absolute Gasteiger partial charge is 0.194 e. The molecule has 0 aliphatic rings. The van der Waals surface area contributed by atoms with E-state index in [2.05, 4.69) is 10.2 Å². The molecule has 0 unspecified atom stereocenters. The van der Waals surface area contributed by atoms with Crippen LogP contribution in [0.1, 0.15) is 12.5 Å². The topological polar surface area (TPSA) is 35.0 Å². The van der Waals surface area contributed by atoms with Crippen LogP contribution in [0.3, 0.4) is 0 Å². The first-order chi connectivity index (χ1) is 8.70. The highest BCUT2D eigenvalue weighted by molar-refractivity contribution is 6.32. The van der Waals surface area contributed by atoms with Gasteiger partial charge >= 0.3 is 0 Å². The van der Waals surface area contributed by atoms with Crippen molar-refractivity contribution in [1.29, 1.82) is 0 Å². The van der Waals surface area contributed by atoms with Crippen molar-refractivity contribution >= 4 is 29.3 Å². The molecule has 92 valence electrons. The second kappa shape index (κ2) is 5.85. The van der Waals surface area contributed by atoms with E-state index < -0.39 is 0 Å². The average molecular weight is 281 g/mol. The Morgan fingerprint density at radius 2 is 1.89 bits per heavy atom. The van der Waals surface area contributed by atoms with E-state index in [1.54, 1.807) is 0 Å². The van der Waals surface area contributed by atoms with Crippen LogP contribution in [0.2, 0.25) is 10.3 Å². The minimum atomic E-state index is 0.176. The molecule has 0 radical (unpaired) electrons. The molecule has 0 fully saturated rings. The van der Waals surface area contributed by atoms with Gasteiger partial charge in [-0.3, -0.25) is 0 Å². The lowest BCUT2D eigenvalue weighted by atomic mass is 10.2. The Kier molecular flexibility index (Phi) is 4.18. The Morgan fingerprint density at radius 1 is 1.11 bits per heavy atom. The molecule has 0 aliphatic carbocycles. The SMILES string of the molecule is C/C=C/c1ccccc1Oc1cc(Cl)nnc1Cl. The van der Waals surface area contributed by atoms with Gasteiger partial charge in [0.15, 0.2) is 16.1 Å². The molecule has 0 saturated heterocycles. The molecule has 0 N–H and O–H groups in total. The van der Waals surface area contributed by atoms with Gasteiger partial charge in [-0.15, -0.1) is 10.2 Å². The van der Waals surface area contributed by atoms with E-state index in [0.29, 0.717) is 11.5 Å². The molecular weight excluding hydrogens is 271 g/mol. The quantitative estimate of drug-likeness (QED) is 0.824. The van der Waals surface area contributed by atoms with Gasteiger partial charge in [0.1, 0.15) is 5.75 Å². The molecular formula is C13H10Cl2N2O. The minimum absolute atomic E-state index is 0.176. The number of rotatable bonds is 3. The Hall–Kier alpha value is -1.58. The van der Waals surface area contributed by atoms with E-state index in [4.69, 9.17) is 27.9 Å². The molecule has 0 atom stereocenters. The van der Waals surface area contributed by atoms with Gasteiger partial charge in [0.25, 0.3) is 0 Å². The van der Waals surface area contributed by atoms with Crippen LogP contribution in [0.4, 0.5) is 0 Å². The van der Waals surface area contributed by atoms with Crippen molar-refractivity contribution in [2.75, 3.05) is 0 Å². The van der Waals surface area contributed by atoms with Gasteiger partial charge in [-0.1, -0.05) is 53.6 Å². The van der Waals surface area contributed by atoms with Crippen LogP contribution in [0.5, 0.6) is 11.5 Å². The number of allylic oxidation sites excluding steroid dienone is 1. The van der Waals surface area contributed by atoms with Crippen molar-refractivity contribution in [1.82, 2.24) is 10.2 Å². The van der Waals surface area contributed by atoms with Crippen LogP contribution >= 0.6 is 23.2 Å². The third kappa shape index (κ3) is 3.00. The van der Waals surface area contributed by atoms with E-state index in [1.807, 2.05) is 43.3 Å². The van der Waals surface area contributed by atoms with E-state index in [9.17, 15) is 0 Å². The van der Waals surface area contributed by atoms with E-state index in [0.717, 1.165) is 5.56 Å².